The number of carboxylic acids is 1. The second-order valence-electron chi connectivity index (χ2n) is 3.43. The van der Waals surface area contributed by atoms with Gasteiger partial charge in [-0.15, -0.1) is 0 Å². The molecule has 0 radical (unpaired) electrons. The molecule has 2 aromatic rings. The Morgan fingerprint density at radius 3 is 2.82 bits per heavy atom. The molecule has 0 saturated carbocycles. The van der Waals surface area contributed by atoms with Crippen molar-refractivity contribution in [1.82, 2.24) is 14.8 Å². The van der Waals surface area contributed by atoms with Crippen molar-refractivity contribution >= 4 is 5.97 Å². The Bertz CT molecular complexity index is 548. The van der Waals surface area contributed by atoms with Gasteiger partial charge in [0.25, 0.3) is 0 Å². The average Bonchev–Trinajstić information content (AvgIpc) is 2.74. The van der Waals surface area contributed by atoms with Crippen molar-refractivity contribution in [1.29, 1.82) is 0 Å². The van der Waals surface area contributed by atoms with Crippen LogP contribution in [0.2, 0.25) is 0 Å². The maximum Gasteiger partial charge on any atom is 0.356 e. The molecule has 2 aromatic heterocycles. The molecule has 0 bridgehead atoms. The van der Waals surface area contributed by atoms with Gasteiger partial charge in [-0.2, -0.15) is 5.10 Å². The molecule has 88 valence electrons. The highest BCUT2D eigenvalue weighted by Crippen LogP contribution is 2.12. The lowest BCUT2D eigenvalue weighted by Crippen LogP contribution is -2.05. The summed E-state index contributed by atoms with van der Waals surface area (Å²) in [6, 6.07) is 4.18. The molecule has 17 heavy (non-hydrogen) atoms. The second-order valence-corrected chi connectivity index (χ2v) is 3.43. The van der Waals surface area contributed by atoms with Crippen molar-refractivity contribution in [2.24, 2.45) is 0 Å². The summed E-state index contributed by atoms with van der Waals surface area (Å²) in [7, 11) is 0. The normalized spacial score (nSPS) is 10.5. The third-order valence-electron chi connectivity index (χ3n) is 2.29. The lowest BCUT2D eigenvalue weighted by Gasteiger charge is -2.03. The van der Waals surface area contributed by atoms with Gasteiger partial charge in [0.1, 0.15) is 5.82 Å². The monoisotopic (exact) mass is 235 g/mol. The molecule has 0 aromatic carbocycles. The molecule has 0 unspecified atom stereocenters. The lowest BCUT2D eigenvalue weighted by molar-refractivity contribution is 0.0690. The highest BCUT2D eigenvalue weighted by atomic mass is 19.1. The van der Waals surface area contributed by atoms with Crippen LogP contribution < -0.4 is 0 Å². The number of aryl methyl sites for hydroxylation is 1. The van der Waals surface area contributed by atoms with Crippen molar-refractivity contribution in [3.05, 3.63) is 41.6 Å². The van der Waals surface area contributed by atoms with Gasteiger partial charge in [-0.05, 0) is 24.6 Å². The van der Waals surface area contributed by atoms with Crippen molar-refractivity contribution in [3.63, 3.8) is 0 Å². The van der Waals surface area contributed by atoms with Crippen molar-refractivity contribution in [2.45, 2.75) is 13.3 Å². The third kappa shape index (κ3) is 2.15. The van der Waals surface area contributed by atoms with Crippen molar-refractivity contribution < 1.29 is 14.3 Å². The Hall–Kier alpha value is -2.24. The van der Waals surface area contributed by atoms with Crippen LogP contribution in [-0.4, -0.2) is 25.8 Å². The summed E-state index contributed by atoms with van der Waals surface area (Å²) in [4.78, 5) is 14.7. The van der Waals surface area contributed by atoms with Crippen LogP contribution in [0.15, 0.2) is 24.4 Å². The first-order valence-electron chi connectivity index (χ1n) is 5.06. The lowest BCUT2D eigenvalue weighted by atomic mass is 10.3. The Morgan fingerprint density at radius 1 is 1.53 bits per heavy atom. The minimum Gasteiger partial charge on any atom is -0.476 e. The van der Waals surface area contributed by atoms with E-state index in [4.69, 9.17) is 5.11 Å². The molecular weight excluding hydrogens is 225 g/mol. The molecule has 0 aliphatic heterocycles. The van der Waals surface area contributed by atoms with E-state index in [9.17, 15) is 9.18 Å². The van der Waals surface area contributed by atoms with E-state index in [1.54, 1.807) is 0 Å². The van der Waals surface area contributed by atoms with Gasteiger partial charge in [-0.3, -0.25) is 0 Å². The minimum atomic E-state index is -1.10. The van der Waals surface area contributed by atoms with E-state index in [2.05, 4.69) is 10.1 Å². The Kier molecular flexibility index (Phi) is 2.86. The number of aromatic nitrogens is 3. The number of hydrogen-bond acceptors (Lipinski definition) is 3. The maximum absolute atomic E-state index is 12.7. The highest BCUT2D eigenvalue weighted by Gasteiger charge is 2.13. The van der Waals surface area contributed by atoms with Crippen LogP contribution in [-0.2, 0) is 6.42 Å². The van der Waals surface area contributed by atoms with Crippen LogP contribution in [0.5, 0.6) is 0 Å². The van der Waals surface area contributed by atoms with Gasteiger partial charge < -0.3 is 5.11 Å². The number of nitrogens with zero attached hydrogens (tertiary/aromatic N) is 3. The standard InChI is InChI=1S/C11H10FN3O2/c1-2-8-5-9(11(16)17)14-15(8)10-4-3-7(12)6-13-10/h3-6H,2H2,1H3,(H,16,17). The molecule has 2 rings (SSSR count). The fraction of sp³-hybridized carbons (Fsp3) is 0.182. The zero-order chi connectivity index (χ0) is 12.4. The summed E-state index contributed by atoms with van der Waals surface area (Å²) in [6.45, 7) is 1.88. The third-order valence-corrected chi connectivity index (χ3v) is 2.29. The zero-order valence-electron chi connectivity index (χ0n) is 9.09. The van der Waals surface area contributed by atoms with Gasteiger partial charge in [0.15, 0.2) is 11.5 Å². The summed E-state index contributed by atoms with van der Waals surface area (Å²) >= 11 is 0. The first-order valence-corrected chi connectivity index (χ1v) is 5.06. The highest BCUT2D eigenvalue weighted by molar-refractivity contribution is 5.85. The predicted molar refractivity (Wildman–Crippen MR) is 57.7 cm³/mol. The van der Waals surface area contributed by atoms with Gasteiger partial charge in [0.05, 0.1) is 6.20 Å². The Balaban J connectivity index is 2.50. The van der Waals surface area contributed by atoms with E-state index in [0.717, 1.165) is 6.20 Å². The number of rotatable bonds is 3. The molecule has 0 spiro atoms. The topological polar surface area (TPSA) is 68.0 Å². The predicted octanol–water partition coefficient (Wildman–Crippen LogP) is 1.67. The molecule has 0 aliphatic rings. The molecule has 0 aliphatic carbocycles. The minimum absolute atomic E-state index is 0.0482. The fourth-order valence-corrected chi connectivity index (χ4v) is 1.47. The Morgan fingerprint density at radius 2 is 2.29 bits per heavy atom. The zero-order valence-corrected chi connectivity index (χ0v) is 9.09. The van der Waals surface area contributed by atoms with Gasteiger partial charge >= 0.3 is 5.97 Å². The summed E-state index contributed by atoms with van der Waals surface area (Å²) in [5.74, 6) is -1.14. The van der Waals surface area contributed by atoms with Crippen LogP contribution >= 0.6 is 0 Å². The molecule has 0 saturated heterocycles. The first kappa shape index (κ1) is 11.3. The average molecular weight is 235 g/mol. The van der Waals surface area contributed by atoms with Crippen molar-refractivity contribution in [3.8, 4) is 5.82 Å². The molecular formula is C11H10FN3O2. The van der Waals surface area contributed by atoms with Crippen molar-refractivity contribution in [2.75, 3.05) is 0 Å². The van der Waals surface area contributed by atoms with E-state index < -0.39 is 11.8 Å². The van der Waals surface area contributed by atoms with E-state index in [-0.39, 0.29) is 5.69 Å². The molecule has 1 N–H and O–H groups in total. The van der Waals surface area contributed by atoms with Crippen LogP contribution in [0.25, 0.3) is 5.82 Å². The van der Waals surface area contributed by atoms with E-state index >= 15 is 0 Å². The number of carbonyl (C=O) groups is 1. The molecule has 0 fully saturated rings. The summed E-state index contributed by atoms with van der Waals surface area (Å²) < 4.78 is 14.1. The van der Waals surface area contributed by atoms with Crippen LogP contribution in [0.3, 0.4) is 0 Å². The summed E-state index contributed by atoms with van der Waals surface area (Å²) in [6.07, 6.45) is 1.68. The SMILES string of the molecule is CCc1cc(C(=O)O)nn1-c1ccc(F)cn1. The van der Waals surface area contributed by atoms with Crippen LogP contribution in [0.1, 0.15) is 23.1 Å². The van der Waals surface area contributed by atoms with E-state index in [0.29, 0.717) is 17.9 Å². The first-order chi connectivity index (χ1) is 8.11. The number of aromatic carboxylic acids is 1. The fourth-order valence-electron chi connectivity index (χ4n) is 1.47. The maximum atomic E-state index is 12.7. The van der Waals surface area contributed by atoms with Crippen LogP contribution in [0, 0.1) is 5.82 Å². The van der Waals surface area contributed by atoms with Gasteiger partial charge in [0.2, 0.25) is 0 Å². The number of carboxylic acid groups (broad SMARTS) is 1. The smallest absolute Gasteiger partial charge is 0.356 e. The Labute approximate surface area is 96.5 Å². The number of hydrogen-bond donors (Lipinski definition) is 1. The van der Waals surface area contributed by atoms with E-state index in [1.165, 1.54) is 22.9 Å². The largest absolute Gasteiger partial charge is 0.476 e. The molecule has 0 amide bonds. The van der Waals surface area contributed by atoms with Crippen LogP contribution in [0.4, 0.5) is 4.39 Å². The second kappa shape index (κ2) is 4.32. The summed E-state index contributed by atoms with van der Waals surface area (Å²) in [5, 5.41) is 12.8. The molecule has 6 heteroatoms. The summed E-state index contributed by atoms with van der Waals surface area (Å²) in [5.41, 5.74) is 0.662. The van der Waals surface area contributed by atoms with E-state index in [1.807, 2.05) is 6.92 Å². The quantitative estimate of drug-likeness (QED) is 0.878. The van der Waals surface area contributed by atoms with Gasteiger partial charge in [-0.1, -0.05) is 6.92 Å². The number of halogens is 1. The van der Waals surface area contributed by atoms with Gasteiger partial charge in [0, 0.05) is 5.69 Å². The molecule has 0 atom stereocenters. The molecule has 2 heterocycles. The van der Waals surface area contributed by atoms with Gasteiger partial charge in [-0.25, -0.2) is 18.9 Å². The number of pyridine rings is 1. The molecule has 5 nitrogen and oxygen atoms in total.